The molecule has 3 heteroatoms. The van der Waals surface area contributed by atoms with Crippen LogP contribution >= 0.6 is 0 Å². The minimum atomic E-state index is -2.72. The zero-order chi connectivity index (χ0) is 25.3. The molecule has 0 amide bonds. The second-order valence-electron chi connectivity index (χ2n) is 9.60. The van der Waals surface area contributed by atoms with Crippen molar-refractivity contribution in [2.75, 3.05) is 0 Å². The van der Waals surface area contributed by atoms with Gasteiger partial charge in [-0.1, -0.05) is 47.5 Å². The monoisotopic (exact) mass is 400 g/mol. The lowest BCUT2D eigenvalue weighted by atomic mass is 9.62. The summed E-state index contributed by atoms with van der Waals surface area (Å²) in [7, 11) is -2.48. The highest BCUT2D eigenvalue weighted by Crippen LogP contribution is 2.57. The SMILES string of the molecule is [2H]C([2H])([2H])C(CCC[C@@H](C)[C@H]1CC[C@H]2C(=O)CCC[C@]12C)(O[Si](CC)(CC)CC)C([2H])([2H])[2H]. The van der Waals surface area contributed by atoms with Gasteiger partial charge in [0.2, 0.25) is 0 Å². The Kier molecular flexibility index (Phi) is 5.28. The highest BCUT2D eigenvalue weighted by molar-refractivity contribution is 6.73. The number of carbonyl (C=O) groups is 1. The number of carbonyl (C=O) groups excluding carboxylic acids is 1. The molecule has 0 radical (unpaired) electrons. The average molecular weight is 401 g/mol. The molecular weight excluding hydrogens is 348 g/mol. The van der Waals surface area contributed by atoms with Crippen molar-refractivity contribution in [3.8, 4) is 0 Å². The molecule has 4 atom stereocenters. The van der Waals surface area contributed by atoms with Gasteiger partial charge in [-0.05, 0) is 81.2 Å². The van der Waals surface area contributed by atoms with Crippen LogP contribution in [0.4, 0.5) is 0 Å². The van der Waals surface area contributed by atoms with Crippen molar-refractivity contribution in [1.82, 2.24) is 0 Å². The maximum Gasteiger partial charge on any atom is 0.192 e. The summed E-state index contributed by atoms with van der Waals surface area (Å²) >= 11 is 0. The highest BCUT2D eigenvalue weighted by atomic mass is 28.4. The second kappa shape index (κ2) is 9.11. The van der Waals surface area contributed by atoms with Gasteiger partial charge >= 0.3 is 0 Å². The van der Waals surface area contributed by atoms with Crippen molar-refractivity contribution in [3.05, 3.63) is 0 Å². The normalized spacial score (nSPS) is 34.6. The van der Waals surface area contributed by atoms with Gasteiger partial charge in [-0.25, -0.2) is 0 Å². The van der Waals surface area contributed by atoms with Gasteiger partial charge in [0.05, 0.1) is 5.60 Å². The van der Waals surface area contributed by atoms with E-state index in [9.17, 15) is 4.79 Å². The van der Waals surface area contributed by atoms with Crippen LogP contribution in [-0.4, -0.2) is 19.7 Å². The first-order valence-corrected chi connectivity index (χ1v) is 13.9. The summed E-state index contributed by atoms with van der Waals surface area (Å²) in [5, 5.41) is 0. The molecule has 0 heterocycles. The van der Waals surface area contributed by atoms with Crippen molar-refractivity contribution in [2.24, 2.45) is 23.2 Å². The minimum Gasteiger partial charge on any atom is -0.412 e. The minimum absolute atomic E-state index is 0.0187. The molecule has 27 heavy (non-hydrogen) atoms. The Morgan fingerprint density at radius 1 is 1.26 bits per heavy atom. The molecule has 2 fully saturated rings. The fraction of sp³-hybridized carbons (Fsp3) is 0.958. The van der Waals surface area contributed by atoms with Crippen molar-refractivity contribution >= 4 is 14.1 Å². The first kappa shape index (κ1) is 15.7. The van der Waals surface area contributed by atoms with E-state index in [-0.39, 0.29) is 17.8 Å². The van der Waals surface area contributed by atoms with Crippen LogP contribution in [0.2, 0.25) is 18.1 Å². The largest absolute Gasteiger partial charge is 0.412 e. The molecule has 0 aromatic rings. The molecule has 2 aliphatic carbocycles. The maximum atomic E-state index is 12.5. The third kappa shape index (κ3) is 5.07. The summed E-state index contributed by atoms with van der Waals surface area (Å²) in [6.45, 7) is 5.01. The fourth-order valence-electron chi connectivity index (χ4n) is 6.17. The van der Waals surface area contributed by atoms with Crippen molar-refractivity contribution < 1.29 is 17.4 Å². The predicted molar refractivity (Wildman–Crippen MR) is 119 cm³/mol. The molecule has 0 unspecified atom stereocenters. The Balaban J connectivity index is 2.22. The van der Waals surface area contributed by atoms with Gasteiger partial charge in [0.25, 0.3) is 0 Å². The van der Waals surface area contributed by atoms with Crippen LogP contribution in [0.5, 0.6) is 0 Å². The molecule has 0 N–H and O–H groups in total. The molecule has 2 nitrogen and oxygen atoms in total. The highest BCUT2D eigenvalue weighted by Gasteiger charge is 2.52. The summed E-state index contributed by atoms with van der Waals surface area (Å²) in [5.74, 6) is 1.33. The summed E-state index contributed by atoms with van der Waals surface area (Å²) < 4.78 is 55.9. The maximum absolute atomic E-state index is 12.5. The van der Waals surface area contributed by atoms with E-state index in [0.29, 0.717) is 48.6 Å². The topological polar surface area (TPSA) is 26.3 Å². The van der Waals surface area contributed by atoms with Crippen LogP contribution in [-0.2, 0) is 9.22 Å². The number of rotatable bonds is 10. The molecule has 0 spiro atoms. The van der Waals surface area contributed by atoms with Crippen molar-refractivity contribution in [2.45, 2.75) is 123 Å². The van der Waals surface area contributed by atoms with E-state index in [4.69, 9.17) is 12.7 Å². The quantitative estimate of drug-likeness (QED) is 0.357. The van der Waals surface area contributed by atoms with Gasteiger partial charge in [0.15, 0.2) is 8.32 Å². The molecule has 2 saturated carbocycles. The predicted octanol–water partition coefficient (Wildman–Crippen LogP) is 7.38. The average Bonchev–Trinajstić information content (AvgIpc) is 3.07. The van der Waals surface area contributed by atoms with Crippen LogP contribution in [0.15, 0.2) is 0 Å². The van der Waals surface area contributed by atoms with Gasteiger partial charge < -0.3 is 4.43 Å². The molecule has 0 saturated heterocycles. The van der Waals surface area contributed by atoms with Crippen LogP contribution in [0, 0.1) is 23.2 Å². The number of Topliss-reactive ketones (excluding diaryl/α,β-unsaturated/α-hetero) is 1. The van der Waals surface area contributed by atoms with Crippen LogP contribution in [0.3, 0.4) is 0 Å². The Morgan fingerprint density at radius 2 is 1.93 bits per heavy atom. The number of hydrogen-bond acceptors (Lipinski definition) is 2. The summed E-state index contributed by atoms with van der Waals surface area (Å²) in [5.41, 5.74) is -2.08. The van der Waals surface area contributed by atoms with E-state index in [2.05, 4.69) is 13.8 Å². The fourth-order valence-corrected chi connectivity index (χ4v) is 8.94. The van der Waals surface area contributed by atoms with E-state index in [0.717, 1.165) is 32.1 Å². The zero-order valence-electron chi connectivity index (χ0n) is 24.3. The lowest BCUT2D eigenvalue weighted by molar-refractivity contribution is -0.130. The lowest BCUT2D eigenvalue weighted by Crippen LogP contribution is -2.44. The third-order valence-electron chi connectivity index (χ3n) is 8.14. The van der Waals surface area contributed by atoms with Crippen molar-refractivity contribution in [1.29, 1.82) is 0 Å². The van der Waals surface area contributed by atoms with Gasteiger partial charge in [-0.15, -0.1) is 0 Å². The molecule has 2 aliphatic rings. The second-order valence-corrected chi connectivity index (χ2v) is 14.3. The standard InChI is InChI=1S/C24H46O2Si/c1-8-27(9-2,10-3)26-23(5,6)17-11-13-19(4)20-15-16-21-22(25)14-12-18-24(20,21)7/h19-21H,8-18H2,1-7H3/t19-,20-,21+,24-/m1/s1/i5D3,6D3. The molecule has 0 aromatic heterocycles. The van der Waals surface area contributed by atoms with E-state index < -0.39 is 27.6 Å². The molecule has 0 aromatic carbocycles. The smallest absolute Gasteiger partial charge is 0.192 e. The lowest BCUT2D eigenvalue weighted by Gasteiger charge is -2.42. The van der Waals surface area contributed by atoms with E-state index >= 15 is 0 Å². The van der Waals surface area contributed by atoms with E-state index in [1.165, 1.54) is 0 Å². The number of ketones is 1. The first-order chi connectivity index (χ1) is 15.1. The van der Waals surface area contributed by atoms with Crippen LogP contribution in [0.25, 0.3) is 0 Å². The summed E-state index contributed by atoms with van der Waals surface area (Å²) in [6, 6.07) is 2.13. The summed E-state index contributed by atoms with van der Waals surface area (Å²) in [4.78, 5) is 12.5. The Bertz CT molecular complexity index is 651. The molecule has 2 rings (SSSR count). The van der Waals surface area contributed by atoms with Gasteiger partial charge in [0, 0.05) is 20.6 Å². The zero-order valence-corrected chi connectivity index (χ0v) is 19.3. The molecule has 0 aliphatic heterocycles. The molecule has 0 bridgehead atoms. The molecule has 158 valence electrons. The van der Waals surface area contributed by atoms with E-state index in [1.54, 1.807) is 0 Å². The first-order valence-electron chi connectivity index (χ1n) is 14.4. The van der Waals surface area contributed by atoms with Crippen molar-refractivity contribution in [3.63, 3.8) is 0 Å². The number of hydrogen-bond donors (Lipinski definition) is 0. The van der Waals surface area contributed by atoms with Crippen LogP contribution in [0.1, 0.15) is 108 Å². The third-order valence-corrected chi connectivity index (χ3v) is 12.8. The van der Waals surface area contributed by atoms with Gasteiger partial charge in [-0.3, -0.25) is 4.79 Å². The Hall–Kier alpha value is -0.153. The summed E-state index contributed by atoms with van der Waals surface area (Å²) in [6.07, 6.45) is 6.02. The van der Waals surface area contributed by atoms with E-state index in [1.807, 2.05) is 20.8 Å². The number of fused-ring (bicyclic) bond motifs is 1. The van der Waals surface area contributed by atoms with Crippen LogP contribution < -0.4 is 0 Å². The molecular formula is C24H46O2Si. The van der Waals surface area contributed by atoms with Gasteiger partial charge in [-0.2, -0.15) is 0 Å². The Labute approximate surface area is 178 Å². The Morgan fingerprint density at radius 3 is 2.52 bits per heavy atom. The van der Waals surface area contributed by atoms with Gasteiger partial charge in [0.1, 0.15) is 5.78 Å².